The average Bonchev–Trinajstić information content (AvgIpc) is 2.67. The lowest BCUT2D eigenvalue weighted by Gasteiger charge is -2.00. The molecule has 0 amide bonds. The molecule has 1 aliphatic heterocycles. The molecule has 11 heavy (non-hydrogen) atoms. The van der Waals surface area contributed by atoms with E-state index >= 15 is 0 Å². The molecular weight excluding hydrogens is 152 g/mol. The second kappa shape index (κ2) is 3.17. The number of carboxylic acid groups (broad SMARTS) is 1. The van der Waals surface area contributed by atoms with Gasteiger partial charge in [0.2, 0.25) is 0 Å². The number of aliphatic hydroxyl groups excluding tert-OH is 2. The first-order chi connectivity index (χ1) is 5.15. The molecule has 0 aromatic rings. The number of ether oxygens (including phenoxy) is 1. The zero-order valence-electron chi connectivity index (χ0n) is 5.80. The Morgan fingerprint density at radius 1 is 1.55 bits per heavy atom. The molecule has 1 aliphatic rings. The Kier molecular flexibility index (Phi) is 2.43. The number of epoxide rings is 1. The molecule has 1 saturated heterocycles. The van der Waals surface area contributed by atoms with E-state index in [2.05, 4.69) is 0 Å². The molecule has 0 aliphatic carbocycles. The second-order valence-corrected chi connectivity index (χ2v) is 2.49. The third-order valence-electron chi connectivity index (χ3n) is 1.61. The second-order valence-electron chi connectivity index (χ2n) is 2.49. The van der Waals surface area contributed by atoms with E-state index < -0.39 is 12.1 Å². The van der Waals surface area contributed by atoms with Gasteiger partial charge < -0.3 is 20.1 Å². The van der Waals surface area contributed by atoms with Crippen LogP contribution in [0.1, 0.15) is 6.42 Å². The lowest BCUT2D eigenvalue weighted by atomic mass is 10.1. The van der Waals surface area contributed by atoms with Crippen molar-refractivity contribution in [3.05, 3.63) is 0 Å². The fraction of sp³-hybridized carbons (Fsp3) is 0.833. The summed E-state index contributed by atoms with van der Waals surface area (Å²) in [5.74, 6) is -1.25. The Hall–Kier alpha value is -0.650. The van der Waals surface area contributed by atoms with Crippen LogP contribution in [-0.4, -0.2) is 46.2 Å². The van der Waals surface area contributed by atoms with E-state index in [0.717, 1.165) is 0 Å². The van der Waals surface area contributed by atoms with E-state index in [-0.39, 0.29) is 25.2 Å². The molecule has 1 rings (SSSR count). The van der Waals surface area contributed by atoms with Gasteiger partial charge in [0.05, 0.1) is 12.7 Å². The quantitative estimate of drug-likeness (QED) is 0.441. The molecule has 1 fully saturated rings. The van der Waals surface area contributed by atoms with Crippen LogP contribution in [0.5, 0.6) is 0 Å². The summed E-state index contributed by atoms with van der Waals surface area (Å²) < 4.78 is 4.81. The number of hydrogen-bond donors (Lipinski definition) is 3. The van der Waals surface area contributed by atoms with Crippen LogP contribution in [0.15, 0.2) is 0 Å². The van der Waals surface area contributed by atoms with Crippen LogP contribution in [0.2, 0.25) is 0 Å². The molecule has 5 nitrogen and oxygen atoms in total. The molecule has 0 unspecified atom stereocenters. The highest BCUT2D eigenvalue weighted by atomic mass is 16.6. The van der Waals surface area contributed by atoms with Crippen molar-refractivity contribution in [3.63, 3.8) is 0 Å². The highest BCUT2D eigenvalue weighted by Crippen LogP contribution is 2.25. The third kappa shape index (κ3) is 2.14. The van der Waals surface area contributed by atoms with E-state index in [1.165, 1.54) is 0 Å². The monoisotopic (exact) mass is 162 g/mol. The molecule has 0 radical (unpaired) electrons. The summed E-state index contributed by atoms with van der Waals surface area (Å²) in [7, 11) is 0. The van der Waals surface area contributed by atoms with E-state index in [4.69, 9.17) is 20.1 Å². The smallest absolute Gasteiger partial charge is 0.332 e. The van der Waals surface area contributed by atoms with Crippen LogP contribution in [0, 0.1) is 0 Å². The van der Waals surface area contributed by atoms with Gasteiger partial charge in [0.15, 0.2) is 6.10 Å². The summed E-state index contributed by atoms with van der Waals surface area (Å²) >= 11 is 0. The molecule has 0 saturated carbocycles. The van der Waals surface area contributed by atoms with Gasteiger partial charge in [-0.05, 0) is 0 Å². The minimum Gasteiger partial charge on any atom is -0.479 e. The van der Waals surface area contributed by atoms with Crippen molar-refractivity contribution in [2.24, 2.45) is 0 Å². The average molecular weight is 162 g/mol. The molecule has 0 aromatic carbocycles. The van der Waals surface area contributed by atoms with E-state index in [1.807, 2.05) is 0 Å². The number of carbonyl (C=O) groups is 1. The Morgan fingerprint density at radius 3 is 2.55 bits per heavy atom. The minimum atomic E-state index is -1.38. The summed E-state index contributed by atoms with van der Waals surface area (Å²) in [6, 6.07) is 0. The lowest BCUT2D eigenvalue weighted by molar-refractivity contribution is -0.147. The van der Waals surface area contributed by atoms with Crippen LogP contribution in [0.3, 0.4) is 0 Å². The number of carboxylic acids is 1. The van der Waals surface area contributed by atoms with Crippen molar-refractivity contribution < 1.29 is 24.9 Å². The molecule has 3 atom stereocenters. The summed E-state index contributed by atoms with van der Waals surface area (Å²) in [6.07, 6.45) is -1.88. The summed E-state index contributed by atoms with van der Waals surface area (Å²) in [4.78, 5) is 10.1. The molecule has 5 heteroatoms. The first-order valence-corrected chi connectivity index (χ1v) is 3.32. The fourth-order valence-electron chi connectivity index (χ4n) is 0.868. The molecule has 0 bridgehead atoms. The fourth-order valence-corrected chi connectivity index (χ4v) is 0.868. The summed E-state index contributed by atoms with van der Waals surface area (Å²) in [5.41, 5.74) is 0. The third-order valence-corrected chi connectivity index (χ3v) is 1.61. The van der Waals surface area contributed by atoms with Crippen LogP contribution in [-0.2, 0) is 9.53 Å². The van der Waals surface area contributed by atoms with Gasteiger partial charge in [0.25, 0.3) is 0 Å². The summed E-state index contributed by atoms with van der Waals surface area (Å²) in [6.45, 7) is -0.114. The lowest BCUT2D eigenvalue weighted by Crippen LogP contribution is -2.22. The van der Waals surface area contributed by atoms with Crippen molar-refractivity contribution in [2.45, 2.75) is 24.7 Å². The van der Waals surface area contributed by atoms with Gasteiger partial charge in [-0.25, -0.2) is 4.79 Å². The van der Waals surface area contributed by atoms with E-state index in [0.29, 0.717) is 0 Å². The van der Waals surface area contributed by atoms with E-state index in [9.17, 15) is 4.79 Å². The predicted octanol–water partition coefficient (Wildman–Crippen LogP) is -1.42. The zero-order valence-corrected chi connectivity index (χ0v) is 5.80. The first-order valence-electron chi connectivity index (χ1n) is 3.32. The number of aliphatic hydroxyl groups is 2. The highest BCUT2D eigenvalue weighted by Gasteiger charge is 2.40. The van der Waals surface area contributed by atoms with Gasteiger partial charge in [0, 0.05) is 6.42 Å². The molecule has 0 spiro atoms. The van der Waals surface area contributed by atoms with Crippen LogP contribution in [0.4, 0.5) is 0 Å². The molecule has 3 N–H and O–H groups in total. The van der Waals surface area contributed by atoms with Gasteiger partial charge in [0.1, 0.15) is 6.10 Å². The molecule has 1 heterocycles. The van der Waals surface area contributed by atoms with Gasteiger partial charge >= 0.3 is 5.97 Å². The first kappa shape index (κ1) is 8.45. The van der Waals surface area contributed by atoms with Crippen molar-refractivity contribution in [2.75, 3.05) is 6.61 Å². The molecule has 64 valence electrons. The largest absolute Gasteiger partial charge is 0.479 e. The SMILES string of the molecule is O=C(O)[C@H](O)C[C@H]1O[C@H]1CO. The van der Waals surface area contributed by atoms with Crippen molar-refractivity contribution in [3.8, 4) is 0 Å². The van der Waals surface area contributed by atoms with Gasteiger partial charge in [-0.1, -0.05) is 0 Å². The Bertz CT molecular complexity index is 157. The van der Waals surface area contributed by atoms with Crippen molar-refractivity contribution >= 4 is 5.97 Å². The Labute approximate surface area is 63.2 Å². The topological polar surface area (TPSA) is 90.3 Å². The standard InChI is InChI=1S/C6H10O5/c7-2-5-4(11-5)1-3(8)6(9)10/h3-5,7-8H,1-2H2,(H,9,10)/t3-,4-,5+/m1/s1. The van der Waals surface area contributed by atoms with Gasteiger partial charge in [-0.15, -0.1) is 0 Å². The Balaban J connectivity index is 2.18. The number of rotatable bonds is 4. The number of aliphatic carboxylic acids is 1. The van der Waals surface area contributed by atoms with Gasteiger partial charge in [-0.3, -0.25) is 0 Å². The van der Waals surface area contributed by atoms with Crippen LogP contribution < -0.4 is 0 Å². The zero-order chi connectivity index (χ0) is 8.43. The highest BCUT2D eigenvalue weighted by molar-refractivity contribution is 5.71. The van der Waals surface area contributed by atoms with Crippen LogP contribution >= 0.6 is 0 Å². The molecular formula is C6H10O5. The Morgan fingerprint density at radius 2 is 2.18 bits per heavy atom. The summed E-state index contributed by atoms with van der Waals surface area (Å²) in [5, 5.41) is 25.5. The molecule has 0 aromatic heterocycles. The maximum atomic E-state index is 10.1. The maximum Gasteiger partial charge on any atom is 0.332 e. The number of hydrogen-bond acceptors (Lipinski definition) is 4. The normalized spacial score (nSPS) is 31.5. The predicted molar refractivity (Wildman–Crippen MR) is 34.0 cm³/mol. The van der Waals surface area contributed by atoms with Crippen molar-refractivity contribution in [1.82, 2.24) is 0 Å². The van der Waals surface area contributed by atoms with E-state index in [1.54, 1.807) is 0 Å². The maximum absolute atomic E-state index is 10.1. The minimum absolute atomic E-state index is 0.0561. The van der Waals surface area contributed by atoms with Gasteiger partial charge in [-0.2, -0.15) is 0 Å². The van der Waals surface area contributed by atoms with Crippen molar-refractivity contribution in [1.29, 1.82) is 0 Å². The van der Waals surface area contributed by atoms with Crippen LogP contribution in [0.25, 0.3) is 0 Å².